The Labute approximate surface area is 189 Å². The van der Waals surface area contributed by atoms with Gasteiger partial charge in [0.2, 0.25) is 0 Å². The van der Waals surface area contributed by atoms with Gasteiger partial charge in [-0.1, -0.05) is 29.5 Å². The number of nitrogens with one attached hydrogen (secondary N) is 1. The van der Waals surface area contributed by atoms with Gasteiger partial charge in [0, 0.05) is 5.69 Å². The fraction of sp³-hybridized carbons (Fsp3) is 0.130. The third kappa shape index (κ3) is 4.75. The van der Waals surface area contributed by atoms with E-state index in [0.717, 1.165) is 10.2 Å². The Hall–Kier alpha value is -4.05. The number of aryl methyl sites for hydroxylation is 2. The van der Waals surface area contributed by atoms with Crippen LogP contribution in [0, 0.1) is 13.8 Å². The van der Waals surface area contributed by atoms with E-state index in [0.29, 0.717) is 22.2 Å². The van der Waals surface area contributed by atoms with Crippen molar-refractivity contribution in [1.29, 1.82) is 0 Å². The van der Waals surface area contributed by atoms with Crippen LogP contribution in [-0.4, -0.2) is 29.4 Å². The van der Waals surface area contributed by atoms with Crippen LogP contribution in [-0.2, 0) is 21.5 Å². The van der Waals surface area contributed by atoms with Gasteiger partial charge in [0.25, 0.3) is 15.6 Å². The first-order valence-corrected chi connectivity index (χ1v) is 11.4. The Morgan fingerprint density at radius 2 is 1.76 bits per heavy atom. The molecule has 0 saturated carbocycles. The summed E-state index contributed by atoms with van der Waals surface area (Å²) < 4.78 is 34.1. The predicted molar refractivity (Wildman–Crippen MR) is 122 cm³/mol. The molecule has 0 aliphatic heterocycles. The van der Waals surface area contributed by atoms with Crippen LogP contribution >= 0.6 is 0 Å². The summed E-state index contributed by atoms with van der Waals surface area (Å²) in [5.41, 5.74) is 1.96. The number of benzene rings is 3. The third-order valence-electron chi connectivity index (χ3n) is 4.95. The number of ether oxygens (including phenoxy) is 1. The molecule has 0 amide bonds. The van der Waals surface area contributed by atoms with Crippen molar-refractivity contribution in [3.63, 3.8) is 0 Å². The number of carbonyl (C=O) groups is 1. The predicted octanol–water partition coefficient (Wildman–Crippen LogP) is 3.02. The van der Waals surface area contributed by atoms with Gasteiger partial charge in [-0.05, 0) is 67.4 Å². The van der Waals surface area contributed by atoms with Crippen molar-refractivity contribution in [2.45, 2.75) is 25.5 Å². The number of anilines is 1. The van der Waals surface area contributed by atoms with Crippen molar-refractivity contribution in [1.82, 2.24) is 15.0 Å². The zero-order chi connectivity index (χ0) is 23.6. The summed E-state index contributed by atoms with van der Waals surface area (Å²) in [5.74, 6) is -0.694. The van der Waals surface area contributed by atoms with Crippen LogP contribution in [0.25, 0.3) is 10.9 Å². The zero-order valence-corrected chi connectivity index (χ0v) is 18.7. The standard InChI is InChI=1S/C23H20N4O5S/c1-15-7-8-16(2)21(13-15)33(30,31)25-18-11-9-17(10-12-18)23(29)32-14-27-22(28)19-5-3-4-6-20(19)24-26-27/h3-13,25H,14H2,1-2H3. The highest BCUT2D eigenvalue weighted by molar-refractivity contribution is 7.92. The van der Waals surface area contributed by atoms with Gasteiger partial charge < -0.3 is 4.74 Å². The molecule has 0 saturated heterocycles. The molecule has 9 nitrogen and oxygen atoms in total. The number of fused-ring (bicyclic) bond motifs is 1. The number of hydrogen-bond acceptors (Lipinski definition) is 7. The van der Waals surface area contributed by atoms with Gasteiger partial charge >= 0.3 is 5.97 Å². The second-order valence-corrected chi connectivity index (χ2v) is 9.07. The van der Waals surface area contributed by atoms with Gasteiger partial charge in [-0.2, -0.15) is 4.68 Å². The maximum atomic E-state index is 12.7. The number of rotatable bonds is 6. The smallest absolute Gasteiger partial charge is 0.339 e. The monoisotopic (exact) mass is 464 g/mol. The molecule has 0 radical (unpaired) electrons. The molecule has 0 atom stereocenters. The molecule has 0 aliphatic rings. The van der Waals surface area contributed by atoms with E-state index in [1.54, 1.807) is 43.3 Å². The minimum absolute atomic E-state index is 0.187. The second kappa shape index (κ2) is 8.83. The maximum Gasteiger partial charge on any atom is 0.339 e. The first-order valence-electron chi connectivity index (χ1n) is 9.94. The quantitative estimate of drug-likeness (QED) is 0.436. The highest BCUT2D eigenvalue weighted by Gasteiger charge is 2.18. The van der Waals surface area contributed by atoms with Gasteiger partial charge in [-0.3, -0.25) is 9.52 Å². The molecule has 168 valence electrons. The molecule has 33 heavy (non-hydrogen) atoms. The lowest BCUT2D eigenvalue weighted by atomic mass is 10.2. The van der Waals surface area contributed by atoms with Crippen LogP contribution in [0.4, 0.5) is 5.69 Å². The Balaban J connectivity index is 1.45. The van der Waals surface area contributed by atoms with Gasteiger partial charge in [0.1, 0.15) is 5.52 Å². The van der Waals surface area contributed by atoms with E-state index in [1.807, 2.05) is 13.0 Å². The highest BCUT2D eigenvalue weighted by Crippen LogP contribution is 2.21. The molecular weight excluding hydrogens is 444 g/mol. The van der Waals surface area contributed by atoms with E-state index in [-0.39, 0.29) is 10.5 Å². The summed E-state index contributed by atoms with van der Waals surface area (Å²) in [7, 11) is -3.79. The number of carbonyl (C=O) groups excluding carboxylic acids is 1. The summed E-state index contributed by atoms with van der Waals surface area (Å²) in [5, 5.41) is 8.06. The second-order valence-electron chi connectivity index (χ2n) is 7.42. The van der Waals surface area contributed by atoms with Gasteiger partial charge in [0.05, 0.1) is 15.8 Å². The lowest BCUT2D eigenvalue weighted by Gasteiger charge is -2.11. The zero-order valence-electron chi connectivity index (χ0n) is 17.8. The van der Waals surface area contributed by atoms with E-state index in [9.17, 15) is 18.0 Å². The first kappa shape index (κ1) is 22.2. The number of aromatic nitrogens is 3. The van der Waals surface area contributed by atoms with Gasteiger partial charge in [0.15, 0.2) is 6.73 Å². The molecule has 0 spiro atoms. The van der Waals surface area contributed by atoms with Crippen molar-refractivity contribution in [2.24, 2.45) is 0 Å². The van der Waals surface area contributed by atoms with Crippen molar-refractivity contribution in [2.75, 3.05) is 4.72 Å². The summed E-state index contributed by atoms with van der Waals surface area (Å²) >= 11 is 0. The lowest BCUT2D eigenvalue weighted by Crippen LogP contribution is -2.26. The molecule has 1 aromatic heterocycles. The van der Waals surface area contributed by atoms with Crippen LogP contribution in [0.2, 0.25) is 0 Å². The molecule has 0 fully saturated rings. The first-order chi connectivity index (χ1) is 15.7. The molecule has 0 aliphatic carbocycles. The van der Waals surface area contributed by atoms with Crippen LogP contribution < -0.4 is 10.3 Å². The molecule has 1 heterocycles. The SMILES string of the molecule is Cc1ccc(C)c(S(=O)(=O)Nc2ccc(C(=O)OCn3nnc4ccccc4c3=O)cc2)c1. The van der Waals surface area contributed by atoms with Gasteiger partial charge in [-0.15, -0.1) is 5.10 Å². The maximum absolute atomic E-state index is 12.7. The average Bonchev–Trinajstić information content (AvgIpc) is 2.80. The van der Waals surface area contributed by atoms with Crippen molar-refractivity contribution >= 4 is 32.6 Å². The molecule has 0 bridgehead atoms. The Kier molecular flexibility index (Phi) is 5.93. The minimum atomic E-state index is -3.79. The van der Waals surface area contributed by atoms with Crippen molar-refractivity contribution in [3.05, 3.63) is 93.8 Å². The Bertz CT molecular complexity index is 1510. The summed E-state index contributed by atoms with van der Waals surface area (Å²) in [6.45, 7) is 3.13. The molecular formula is C23H20N4O5S. The molecule has 4 aromatic rings. The van der Waals surface area contributed by atoms with E-state index >= 15 is 0 Å². The van der Waals surface area contributed by atoms with E-state index in [1.165, 1.54) is 24.3 Å². The van der Waals surface area contributed by atoms with Crippen molar-refractivity contribution < 1.29 is 17.9 Å². The number of nitrogens with zero attached hydrogens (tertiary/aromatic N) is 3. The number of esters is 1. The molecule has 10 heteroatoms. The van der Waals surface area contributed by atoms with Crippen LogP contribution in [0.5, 0.6) is 0 Å². The van der Waals surface area contributed by atoms with E-state index in [2.05, 4.69) is 15.0 Å². The van der Waals surface area contributed by atoms with E-state index in [4.69, 9.17) is 4.74 Å². The highest BCUT2D eigenvalue weighted by atomic mass is 32.2. The normalized spacial score (nSPS) is 11.3. The summed E-state index contributed by atoms with van der Waals surface area (Å²) in [4.78, 5) is 25.0. The number of sulfonamides is 1. The fourth-order valence-corrected chi connectivity index (χ4v) is 4.58. The minimum Gasteiger partial charge on any atom is -0.439 e. The Morgan fingerprint density at radius 3 is 2.52 bits per heavy atom. The fourth-order valence-electron chi connectivity index (χ4n) is 3.19. The van der Waals surface area contributed by atoms with Gasteiger partial charge in [-0.25, -0.2) is 13.2 Å². The Morgan fingerprint density at radius 1 is 1.03 bits per heavy atom. The third-order valence-corrected chi connectivity index (χ3v) is 6.48. The largest absolute Gasteiger partial charge is 0.439 e. The molecule has 4 rings (SSSR count). The molecule has 3 aromatic carbocycles. The summed E-state index contributed by atoms with van der Waals surface area (Å²) in [6.07, 6.45) is 0. The summed E-state index contributed by atoms with van der Waals surface area (Å²) in [6, 6.07) is 17.7. The average molecular weight is 465 g/mol. The van der Waals surface area contributed by atoms with Crippen LogP contribution in [0.1, 0.15) is 21.5 Å². The number of hydrogen-bond donors (Lipinski definition) is 1. The lowest BCUT2D eigenvalue weighted by molar-refractivity contribution is 0.0336. The van der Waals surface area contributed by atoms with E-state index < -0.39 is 28.3 Å². The van der Waals surface area contributed by atoms with Crippen molar-refractivity contribution in [3.8, 4) is 0 Å². The molecule has 0 unspecified atom stereocenters. The topological polar surface area (TPSA) is 120 Å². The van der Waals surface area contributed by atoms with Crippen LogP contribution in [0.15, 0.2) is 76.4 Å². The van der Waals surface area contributed by atoms with Crippen LogP contribution in [0.3, 0.4) is 0 Å². The molecule has 1 N–H and O–H groups in total.